The summed E-state index contributed by atoms with van der Waals surface area (Å²) in [6, 6.07) is 9.35. The molecular formula is C23H28N6O3. The van der Waals surface area contributed by atoms with Crippen LogP contribution >= 0.6 is 0 Å². The fourth-order valence-electron chi connectivity index (χ4n) is 4.07. The Labute approximate surface area is 185 Å². The molecule has 1 fully saturated rings. The summed E-state index contributed by atoms with van der Waals surface area (Å²) >= 11 is 0. The Bertz CT molecular complexity index is 1220. The third kappa shape index (κ3) is 4.43. The van der Waals surface area contributed by atoms with E-state index in [9.17, 15) is 14.4 Å². The van der Waals surface area contributed by atoms with E-state index in [2.05, 4.69) is 25.1 Å². The molecule has 2 aromatic heterocycles. The number of piperazine rings is 1. The normalized spacial score (nSPS) is 14.6. The van der Waals surface area contributed by atoms with Crippen LogP contribution in [0.4, 0.5) is 5.69 Å². The van der Waals surface area contributed by atoms with Crippen molar-refractivity contribution in [2.75, 3.05) is 37.6 Å². The zero-order chi connectivity index (χ0) is 22.7. The Balaban J connectivity index is 1.40. The highest BCUT2D eigenvalue weighted by molar-refractivity contribution is 5.92. The lowest BCUT2D eigenvalue weighted by atomic mass is 10.1. The lowest BCUT2D eigenvalue weighted by Gasteiger charge is -2.36. The highest BCUT2D eigenvalue weighted by Gasteiger charge is 2.18. The van der Waals surface area contributed by atoms with Crippen LogP contribution in [0.2, 0.25) is 0 Å². The van der Waals surface area contributed by atoms with Crippen molar-refractivity contribution < 1.29 is 4.79 Å². The van der Waals surface area contributed by atoms with Crippen LogP contribution in [-0.4, -0.2) is 58.1 Å². The Kier molecular flexibility index (Phi) is 6.36. The lowest BCUT2D eigenvalue weighted by molar-refractivity contribution is 0.0951. The number of carbonyl (C=O) groups excluding carboxylic acids is 1. The number of nitrogens with zero attached hydrogens (tertiary/aromatic N) is 4. The van der Waals surface area contributed by atoms with Crippen molar-refractivity contribution >= 4 is 22.5 Å². The highest BCUT2D eigenvalue weighted by Crippen LogP contribution is 2.18. The average Bonchev–Trinajstić information content (AvgIpc) is 2.80. The van der Waals surface area contributed by atoms with E-state index in [1.807, 2.05) is 25.1 Å². The number of anilines is 1. The molecule has 0 unspecified atom stereocenters. The second-order valence-electron chi connectivity index (χ2n) is 7.88. The van der Waals surface area contributed by atoms with Gasteiger partial charge in [-0.1, -0.05) is 6.07 Å². The largest absolute Gasteiger partial charge is 0.368 e. The molecule has 1 saturated heterocycles. The minimum Gasteiger partial charge on any atom is -0.368 e. The molecule has 9 nitrogen and oxygen atoms in total. The van der Waals surface area contributed by atoms with E-state index in [-0.39, 0.29) is 17.2 Å². The summed E-state index contributed by atoms with van der Waals surface area (Å²) in [5.74, 6) is -0.158. The Hall–Kier alpha value is -3.46. The highest BCUT2D eigenvalue weighted by atomic mass is 16.2. The van der Waals surface area contributed by atoms with Crippen LogP contribution in [0.25, 0.3) is 10.9 Å². The minimum atomic E-state index is -0.373. The molecule has 3 aromatic rings. The zero-order valence-electron chi connectivity index (χ0n) is 18.4. The molecule has 168 valence electrons. The number of aromatic amines is 1. The zero-order valence-corrected chi connectivity index (χ0v) is 18.4. The number of amides is 1. The maximum Gasteiger partial charge on any atom is 0.328 e. The molecule has 0 bridgehead atoms. The number of H-pyrrole nitrogens is 1. The van der Waals surface area contributed by atoms with Gasteiger partial charge in [0.1, 0.15) is 5.69 Å². The van der Waals surface area contributed by atoms with Gasteiger partial charge < -0.3 is 15.2 Å². The number of hydrogen-bond acceptors (Lipinski definition) is 6. The van der Waals surface area contributed by atoms with E-state index in [4.69, 9.17) is 0 Å². The Morgan fingerprint density at radius 3 is 2.53 bits per heavy atom. The number of pyridine rings is 1. The number of fused-ring (bicyclic) bond motifs is 1. The number of aromatic nitrogens is 3. The number of nitrogens with one attached hydrogen (secondary N) is 2. The lowest BCUT2D eigenvalue weighted by Crippen LogP contribution is -2.46. The topological polar surface area (TPSA) is 103 Å². The monoisotopic (exact) mass is 436 g/mol. The van der Waals surface area contributed by atoms with Crippen LogP contribution in [0.15, 0.2) is 46.1 Å². The van der Waals surface area contributed by atoms with Crippen LogP contribution in [-0.2, 0) is 13.1 Å². The van der Waals surface area contributed by atoms with E-state index >= 15 is 0 Å². The molecule has 3 heterocycles. The van der Waals surface area contributed by atoms with Gasteiger partial charge in [0, 0.05) is 45.8 Å². The van der Waals surface area contributed by atoms with E-state index < -0.39 is 0 Å². The predicted octanol–water partition coefficient (Wildman–Crippen LogP) is 1.18. The second kappa shape index (κ2) is 9.35. The molecule has 0 radical (unpaired) electrons. The first-order chi connectivity index (χ1) is 15.5. The van der Waals surface area contributed by atoms with Gasteiger partial charge in [0.05, 0.1) is 22.8 Å². The summed E-state index contributed by atoms with van der Waals surface area (Å²) in [7, 11) is 0. The van der Waals surface area contributed by atoms with Gasteiger partial charge in [-0.25, -0.2) is 9.78 Å². The van der Waals surface area contributed by atoms with Gasteiger partial charge >= 0.3 is 5.69 Å². The van der Waals surface area contributed by atoms with Crippen LogP contribution < -0.4 is 21.5 Å². The summed E-state index contributed by atoms with van der Waals surface area (Å²) in [6.45, 7) is 8.80. The summed E-state index contributed by atoms with van der Waals surface area (Å²) in [5, 5.41) is 3.28. The second-order valence-corrected chi connectivity index (χ2v) is 7.88. The van der Waals surface area contributed by atoms with Crippen molar-refractivity contribution in [3.05, 3.63) is 68.6 Å². The maximum atomic E-state index is 12.4. The van der Waals surface area contributed by atoms with E-state index in [1.165, 1.54) is 4.57 Å². The van der Waals surface area contributed by atoms with E-state index in [1.54, 1.807) is 25.3 Å². The Morgan fingerprint density at radius 2 is 1.88 bits per heavy atom. The Morgan fingerprint density at radius 1 is 1.09 bits per heavy atom. The molecule has 0 saturated carbocycles. The number of benzene rings is 1. The summed E-state index contributed by atoms with van der Waals surface area (Å²) in [6.07, 6.45) is 1.75. The van der Waals surface area contributed by atoms with Crippen molar-refractivity contribution in [1.82, 2.24) is 24.8 Å². The van der Waals surface area contributed by atoms with Crippen molar-refractivity contribution in [2.45, 2.75) is 26.9 Å². The fraction of sp³-hybridized carbons (Fsp3) is 0.391. The van der Waals surface area contributed by atoms with Crippen LogP contribution in [0.1, 0.15) is 29.9 Å². The first-order valence-electron chi connectivity index (χ1n) is 11.0. The van der Waals surface area contributed by atoms with Crippen molar-refractivity contribution in [1.29, 1.82) is 0 Å². The smallest absolute Gasteiger partial charge is 0.328 e. The molecule has 0 spiro atoms. The third-order valence-electron chi connectivity index (χ3n) is 5.82. The van der Waals surface area contributed by atoms with Gasteiger partial charge in [-0.05, 0) is 43.7 Å². The maximum absolute atomic E-state index is 12.4. The summed E-state index contributed by atoms with van der Waals surface area (Å²) < 4.78 is 1.21. The first kappa shape index (κ1) is 21.8. The summed E-state index contributed by atoms with van der Waals surface area (Å²) in [4.78, 5) is 48.1. The van der Waals surface area contributed by atoms with E-state index in [0.717, 1.165) is 44.0 Å². The number of carbonyl (C=O) groups is 1. The molecule has 0 atom stereocenters. The van der Waals surface area contributed by atoms with Gasteiger partial charge in [0.2, 0.25) is 0 Å². The van der Waals surface area contributed by atoms with Crippen LogP contribution in [0.3, 0.4) is 0 Å². The molecule has 1 amide bonds. The standard InChI is InChI=1S/C23H28N6O3/c1-3-24-21(30)19-8-6-17(14-25-19)28-11-9-27(10-12-28)15-16-5-7-18-20(13-16)26-23(32)29(4-2)22(18)31/h5-8,13-14H,3-4,9-12,15H2,1-2H3,(H,24,30)(H,26,32). The first-order valence-corrected chi connectivity index (χ1v) is 11.0. The summed E-state index contributed by atoms with van der Waals surface area (Å²) in [5.41, 5.74) is 2.45. The predicted molar refractivity (Wildman–Crippen MR) is 124 cm³/mol. The third-order valence-corrected chi connectivity index (χ3v) is 5.82. The molecule has 9 heteroatoms. The van der Waals surface area contributed by atoms with Crippen molar-refractivity contribution in [3.63, 3.8) is 0 Å². The molecule has 32 heavy (non-hydrogen) atoms. The fourth-order valence-corrected chi connectivity index (χ4v) is 4.07. The molecule has 1 aliphatic rings. The molecule has 2 N–H and O–H groups in total. The molecule has 0 aliphatic carbocycles. The van der Waals surface area contributed by atoms with Crippen molar-refractivity contribution in [3.8, 4) is 0 Å². The van der Waals surface area contributed by atoms with Gasteiger partial charge in [-0.2, -0.15) is 0 Å². The number of rotatable bonds is 6. The van der Waals surface area contributed by atoms with Gasteiger partial charge in [0.15, 0.2) is 0 Å². The molecule has 1 aliphatic heterocycles. The molecule has 4 rings (SSSR count). The van der Waals surface area contributed by atoms with Crippen LogP contribution in [0, 0.1) is 0 Å². The number of hydrogen-bond donors (Lipinski definition) is 2. The molecule has 1 aromatic carbocycles. The minimum absolute atomic E-state index is 0.158. The average molecular weight is 437 g/mol. The molecular weight excluding hydrogens is 408 g/mol. The van der Waals surface area contributed by atoms with Gasteiger partial charge in [-0.3, -0.25) is 19.1 Å². The van der Waals surface area contributed by atoms with E-state index in [0.29, 0.717) is 29.7 Å². The van der Waals surface area contributed by atoms with Crippen molar-refractivity contribution in [2.24, 2.45) is 0 Å². The van der Waals surface area contributed by atoms with Gasteiger partial charge in [0.25, 0.3) is 11.5 Å². The van der Waals surface area contributed by atoms with Gasteiger partial charge in [-0.15, -0.1) is 0 Å². The van der Waals surface area contributed by atoms with Crippen LogP contribution in [0.5, 0.6) is 0 Å². The SMILES string of the molecule is CCNC(=O)c1ccc(N2CCN(Cc3ccc4c(=O)n(CC)c(=O)[nH]c4c3)CC2)cn1. The quantitative estimate of drug-likeness (QED) is 0.602.